The molecule has 0 saturated carbocycles. The van der Waals surface area contributed by atoms with E-state index in [2.05, 4.69) is 45.1 Å². The number of halogens is 1. The highest BCUT2D eigenvalue weighted by Gasteiger charge is 2.39. The molecule has 1 N–H and O–H groups in total. The first-order valence-corrected chi connectivity index (χ1v) is 7.59. The summed E-state index contributed by atoms with van der Waals surface area (Å²) in [5.41, 5.74) is 1.80. The Morgan fingerprint density at radius 3 is 2.25 bits per heavy atom. The van der Waals surface area contributed by atoms with Gasteiger partial charge in [-0.1, -0.05) is 38.5 Å². The van der Waals surface area contributed by atoms with Gasteiger partial charge >= 0.3 is 0 Å². The molecule has 0 spiro atoms. The molecule has 0 aliphatic heterocycles. The molecule has 1 aromatic rings. The van der Waals surface area contributed by atoms with Crippen LogP contribution in [0.3, 0.4) is 0 Å². The van der Waals surface area contributed by atoms with Gasteiger partial charge in [-0.3, -0.25) is 0 Å². The number of aryl methyl sites for hydroxylation is 1. The molecule has 20 heavy (non-hydrogen) atoms. The molecular weight excluding hydrogens is 251 g/mol. The zero-order valence-electron chi connectivity index (χ0n) is 13.8. The maximum Gasteiger partial charge on any atom is 0.128 e. The van der Waals surface area contributed by atoms with Gasteiger partial charge in [0.2, 0.25) is 0 Å². The average Bonchev–Trinajstić information content (AvgIpc) is 2.42. The topological polar surface area (TPSA) is 15.3 Å². The van der Waals surface area contributed by atoms with E-state index in [4.69, 9.17) is 0 Å². The van der Waals surface area contributed by atoms with Crippen LogP contribution in [0.5, 0.6) is 0 Å². The summed E-state index contributed by atoms with van der Waals surface area (Å²) in [5.74, 6) is -0.116. The Balaban J connectivity index is 3.38. The van der Waals surface area contributed by atoms with Gasteiger partial charge in [-0.25, -0.2) is 4.39 Å². The Morgan fingerprint density at radius 2 is 1.80 bits per heavy atom. The lowest BCUT2D eigenvalue weighted by Gasteiger charge is -2.46. The first kappa shape index (κ1) is 17.1. The highest BCUT2D eigenvalue weighted by Crippen LogP contribution is 2.37. The van der Waals surface area contributed by atoms with Gasteiger partial charge in [0.1, 0.15) is 5.82 Å². The van der Waals surface area contributed by atoms with E-state index >= 15 is 0 Å². The molecule has 1 unspecified atom stereocenters. The van der Waals surface area contributed by atoms with E-state index in [0.717, 1.165) is 30.5 Å². The second-order valence-electron chi connectivity index (χ2n) is 5.72. The van der Waals surface area contributed by atoms with Crippen molar-refractivity contribution in [1.29, 1.82) is 0 Å². The molecule has 0 aliphatic rings. The fourth-order valence-electron chi connectivity index (χ4n) is 3.23. The van der Waals surface area contributed by atoms with Crippen molar-refractivity contribution in [1.82, 2.24) is 10.2 Å². The van der Waals surface area contributed by atoms with Crippen LogP contribution >= 0.6 is 0 Å². The predicted molar refractivity (Wildman–Crippen MR) is 84.6 cm³/mol. The molecule has 3 heteroatoms. The molecule has 0 saturated heterocycles. The SMILES string of the molecule is CCNC(c1cc(C)ccc1F)C(CC)(CC)N(C)C. The van der Waals surface area contributed by atoms with Gasteiger partial charge in [-0.2, -0.15) is 0 Å². The molecule has 114 valence electrons. The van der Waals surface area contributed by atoms with Crippen molar-refractivity contribution >= 4 is 0 Å². The number of likely N-dealkylation sites (N-methyl/N-ethyl adjacent to an activating group) is 2. The molecule has 1 aromatic carbocycles. The Bertz CT molecular complexity index is 425. The van der Waals surface area contributed by atoms with E-state index < -0.39 is 0 Å². The molecule has 0 radical (unpaired) electrons. The lowest BCUT2D eigenvalue weighted by molar-refractivity contribution is 0.0872. The van der Waals surface area contributed by atoms with Crippen LogP contribution in [0.15, 0.2) is 18.2 Å². The van der Waals surface area contributed by atoms with E-state index in [0.29, 0.717) is 0 Å². The minimum Gasteiger partial charge on any atom is -0.309 e. The maximum atomic E-state index is 14.4. The number of rotatable bonds is 7. The number of hydrogen-bond acceptors (Lipinski definition) is 2. The van der Waals surface area contributed by atoms with Gasteiger partial charge in [-0.05, 0) is 46.5 Å². The molecule has 0 amide bonds. The zero-order valence-corrected chi connectivity index (χ0v) is 13.8. The molecular formula is C17H29FN2. The molecule has 0 aromatic heterocycles. The van der Waals surface area contributed by atoms with E-state index in [1.54, 1.807) is 6.07 Å². The van der Waals surface area contributed by atoms with Crippen LogP contribution < -0.4 is 5.32 Å². The van der Waals surface area contributed by atoms with E-state index in [-0.39, 0.29) is 17.4 Å². The Labute approximate surface area is 123 Å². The summed E-state index contributed by atoms with van der Waals surface area (Å²) in [4.78, 5) is 2.24. The zero-order chi connectivity index (χ0) is 15.3. The molecule has 0 bridgehead atoms. The number of hydrogen-bond donors (Lipinski definition) is 1. The normalized spacial score (nSPS) is 13.8. The average molecular weight is 280 g/mol. The van der Waals surface area contributed by atoms with Crippen LogP contribution in [0.4, 0.5) is 4.39 Å². The highest BCUT2D eigenvalue weighted by molar-refractivity contribution is 5.29. The summed E-state index contributed by atoms with van der Waals surface area (Å²) < 4.78 is 14.4. The second kappa shape index (κ2) is 7.19. The Kier molecular flexibility index (Phi) is 6.15. The van der Waals surface area contributed by atoms with Crippen molar-refractivity contribution in [3.63, 3.8) is 0 Å². The minimum atomic E-state index is -0.116. The summed E-state index contributed by atoms with van der Waals surface area (Å²) in [6, 6.07) is 5.39. The van der Waals surface area contributed by atoms with E-state index in [1.807, 2.05) is 19.1 Å². The third-order valence-corrected chi connectivity index (χ3v) is 4.52. The van der Waals surface area contributed by atoms with Crippen molar-refractivity contribution in [3.05, 3.63) is 35.1 Å². The van der Waals surface area contributed by atoms with Gasteiger partial charge in [0.15, 0.2) is 0 Å². The molecule has 0 fully saturated rings. The fraction of sp³-hybridized carbons (Fsp3) is 0.647. The van der Waals surface area contributed by atoms with E-state index in [9.17, 15) is 4.39 Å². The summed E-state index contributed by atoms with van der Waals surface area (Å²) in [6.07, 6.45) is 1.95. The minimum absolute atomic E-state index is 0.00241. The molecule has 1 atom stereocenters. The van der Waals surface area contributed by atoms with Crippen molar-refractivity contribution in [2.45, 2.75) is 52.1 Å². The van der Waals surface area contributed by atoms with Crippen molar-refractivity contribution < 1.29 is 4.39 Å². The van der Waals surface area contributed by atoms with Crippen molar-refractivity contribution in [2.75, 3.05) is 20.6 Å². The fourth-order valence-corrected chi connectivity index (χ4v) is 3.23. The van der Waals surface area contributed by atoms with Gasteiger partial charge in [0, 0.05) is 11.1 Å². The molecule has 2 nitrogen and oxygen atoms in total. The van der Waals surface area contributed by atoms with Gasteiger partial charge in [0.25, 0.3) is 0 Å². The standard InChI is InChI=1S/C17H29FN2/c1-7-17(8-2,20(5)6)16(19-9-3)14-12-13(4)10-11-15(14)18/h10-12,16,19H,7-9H2,1-6H3. The summed E-state index contributed by atoms with van der Waals surface area (Å²) in [7, 11) is 4.18. The van der Waals surface area contributed by atoms with Crippen LogP contribution in [0.25, 0.3) is 0 Å². The monoisotopic (exact) mass is 280 g/mol. The van der Waals surface area contributed by atoms with Gasteiger partial charge in [0.05, 0.1) is 6.04 Å². The van der Waals surface area contributed by atoms with Crippen molar-refractivity contribution in [2.24, 2.45) is 0 Å². The number of nitrogens with zero attached hydrogens (tertiary/aromatic N) is 1. The summed E-state index contributed by atoms with van der Waals surface area (Å²) in [6.45, 7) is 9.28. The summed E-state index contributed by atoms with van der Waals surface area (Å²) >= 11 is 0. The number of nitrogens with one attached hydrogen (secondary N) is 1. The molecule has 0 heterocycles. The molecule has 1 rings (SSSR count). The third kappa shape index (κ3) is 3.21. The van der Waals surface area contributed by atoms with Crippen LogP contribution in [-0.2, 0) is 0 Å². The quantitative estimate of drug-likeness (QED) is 0.815. The number of benzene rings is 1. The largest absolute Gasteiger partial charge is 0.309 e. The third-order valence-electron chi connectivity index (χ3n) is 4.52. The van der Waals surface area contributed by atoms with Crippen LogP contribution in [0.1, 0.15) is 50.8 Å². The van der Waals surface area contributed by atoms with Crippen LogP contribution in [-0.4, -0.2) is 31.1 Å². The lowest BCUT2D eigenvalue weighted by atomic mass is 9.79. The van der Waals surface area contributed by atoms with Crippen LogP contribution in [0.2, 0.25) is 0 Å². The summed E-state index contributed by atoms with van der Waals surface area (Å²) in [5, 5.41) is 3.51. The van der Waals surface area contributed by atoms with Crippen LogP contribution in [0, 0.1) is 12.7 Å². The first-order chi connectivity index (χ1) is 9.42. The molecule has 0 aliphatic carbocycles. The van der Waals surface area contributed by atoms with E-state index in [1.165, 1.54) is 0 Å². The van der Waals surface area contributed by atoms with Gasteiger partial charge in [-0.15, -0.1) is 0 Å². The predicted octanol–water partition coefficient (Wildman–Crippen LogP) is 3.91. The van der Waals surface area contributed by atoms with Gasteiger partial charge < -0.3 is 10.2 Å². The highest BCUT2D eigenvalue weighted by atomic mass is 19.1. The lowest BCUT2D eigenvalue weighted by Crippen LogP contribution is -2.53. The van der Waals surface area contributed by atoms with Crippen molar-refractivity contribution in [3.8, 4) is 0 Å². The first-order valence-electron chi connectivity index (χ1n) is 7.59. The Morgan fingerprint density at radius 1 is 1.20 bits per heavy atom. The Hall–Kier alpha value is -0.930. The smallest absolute Gasteiger partial charge is 0.128 e. The second-order valence-corrected chi connectivity index (χ2v) is 5.72. The maximum absolute atomic E-state index is 14.4.